The third kappa shape index (κ3) is 16.8. The normalized spacial score (nSPS) is 12.3. The zero-order valence-corrected chi connectivity index (χ0v) is 17.8. The van der Waals surface area contributed by atoms with Crippen molar-refractivity contribution in [1.29, 1.82) is 0 Å². The summed E-state index contributed by atoms with van der Waals surface area (Å²) in [4.78, 5) is 23.6. The molecule has 1 atom stereocenters. The number of esters is 2. The summed E-state index contributed by atoms with van der Waals surface area (Å²) >= 11 is 0. The number of carbonyl (C=O) groups excluding carboxylic acids is 2. The molecule has 162 valence electrons. The van der Waals surface area contributed by atoms with E-state index in [1.54, 1.807) is 0 Å². The van der Waals surface area contributed by atoms with Gasteiger partial charge in [0.2, 0.25) is 0 Å². The zero-order chi connectivity index (χ0) is 20.7. The molecule has 0 bridgehead atoms. The van der Waals surface area contributed by atoms with E-state index in [1.165, 1.54) is 25.7 Å². The first-order chi connectivity index (χ1) is 12.7. The van der Waals surface area contributed by atoms with Gasteiger partial charge in [-0.1, -0.05) is 65.7 Å². The fourth-order valence-electron chi connectivity index (χ4n) is 2.43. The van der Waals surface area contributed by atoms with E-state index in [0.29, 0.717) is 12.8 Å². The molecule has 0 rings (SSSR count). The molecular weight excluding hydrogens is 395 g/mol. The summed E-state index contributed by atoms with van der Waals surface area (Å²) in [5.41, 5.74) is 0. The first-order valence-corrected chi connectivity index (χ1v) is 11.5. The molecule has 7 nitrogen and oxygen atoms in total. The Kier molecular flexibility index (Phi) is 19.0. The molecule has 1 N–H and O–H groups in total. The standard InChI is InChI=1S/C19H36O7S.Na.H/c1-4-5-6-7-8-9-10-11-13-25-18(20)15-17(27(22,23)24)19(21)26-14-12-16(2)3;;/h16-17H,4-15H2,1-3H3,(H,22,23,24);;. The Morgan fingerprint density at radius 1 is 0.893 bits per heavy atom. The van der Waals surface area contributed by atoms with Crippen LogP contribution in [0.3, 0.4) is 0 Å². The van der Waals surface area contributed by atoms with Crippen LogP contribution in [0.5, 0.6) is 0 Å². The monoisotopic (exact) mass is 432 g/mol. The van der Waals surface area contributed by atoms with Crippen molar-refractivity contribution in [3.05, 3.63) is 0 Å². The molecule has 0 aliphatic heterocycles. The summed E-state index contributed by atoms with van der Waals surface area (Å²) in [6.45, 7) is 6.24. The zero-order valence-electron chi connectivity index (χ0n) is 16.9. The first kappa shape index (κ1) is 30.0. The van der Waals surface area contributed by atoms with Crippen LogP contribution in [0.4, 0.5) is 0 Å². The average Bonchev–Trinajstić information content (AvgIpc) is 2.56. The molecule has 0 aromatic carbocycles. The SMILES string of the molecule is CCCCCCCCCCOC(=O)CC(C(=O)OCCC(C)C)S(=O)(=O)O.[NaH]. The Morgan fingerprint density at radius 2 is 1.43 bits per heavy atom. The summed E-state index contributed by atoms with van der Waals surface area (Å²) in [6.07, 6.45) is 8.59. The van der Waals surface area contributed by atoms with Crippen LogP contribution in [0.1, 0.15) is 85.0 Å². The minimum absolute atomic E-state index is 0. The van der Waals surface area contributed by atoms with Crippen molar-refractivity contribution in [2.75, 3.05) is 13.2 Å². The molecule has 0 amide bonds. The summed E-state index contributed by atoms with van der Waals surface area (Å²) in [5, 5.41) is -1.93. The van der Waals surface area contributed by atoms with E-state index in [0.717, 1.165) is 19.3 Å². The summed E-state index contributed by atoms with van der Waals surface area (Å²) in [7, 11) is -4.74. The van der Waals surface area contributed by atoms with Crippen molar-refractivity contribution >= 4 is 51.6 Å². The van der Waals surface area contributed by atoms with Gasteiger partial charge in [0, 0.05) is 0 Å². The number of hydrogen-bond acceptors (Lipinski definition) is 6. The van der Waals surface area contributed by atoms with Crippen LogP contribution in [-0.2, 0) is 29.2 Å². The minimum atomic E-state index is -4.74. The van der Waals surface area contributed by atoms with Gasteiger partial charge in [-0.15, -0.1) is 0 Å². The van der Waals surface area contributed by atoms with Gasteiger partial charge in [0.1, 0.15) is 0 Å². The van der Waals surface area contributed by atoms with Gasteiger partial charge in [0.05, 0.1) is 19.6 Å². The van der Waals surface area contributed by atoms with Crippen LogP contribution >= 0.6 is 0 Å². The van der Waals surface area contributed by atoms with E-state index in [4.69, 9.17) is 9.47 Å². The molecule has 0 fully saturated rings. The quantitative estimate of drug-likeness (QED) is 0.173. The van der Waals surface area contributed by atoms with Crippen LogP contribution < -0.4 is 0 Å². The third-order valence-electron chi connectivity index (χ3n) is 4.17. The van der Waals surface area contributed by atoms with Gasteiger partial charge in [0.25, 0.3) is 10.1 Å². The van der Waals surface area contributed by atoms with Crippen molar-refractivity contribution in [3.63, 3.8) is 0 Å². The maximum atomic E-state index is 11.9. The second-order valence-corrected chi connectivity index (χ2v) is 8.85. The van der Waals surface area contributed by atoms with Gasteiger partial charge in [-0.3, -0.25) is 14.1 Å². The van der Waals surface area contributed by atoms with Crippen LogP contribution in [0.25, 0.3) is 0 Å². The Labute approximate surface area is 192 Å². The second-order valence-electron chi connectivity index (χ2n) is 7.25. The number of rotatable bonds is 16. The van der Waals surface area contributed by atoms with Gasteiger partial charge in [-0.05, 0) is 18.8 Å². The maximum absolute atomic E-state index is 11.9. The molecule has 28 heavy (non-hydrogen) atoms. The molecular formula is C19H37NaO7S. The molecule has 9 heteroatoms. The van der Waals surface area contributed by atoms with Crippen molar-refractivity contribution in [3.8, 4) is 0 Å². The molecule has 0 radical (unpaired) electrons. The molecule has 0 heterocycles. The molecule has 1 unspecified atom stereocenters. The van der Waals surface area contributed by atoms with E-state index in [2.05, 4.69) is 6.92 Å². The Balaban J connectivity index is 0. The van der Waals surface area contributed by atoms with E-state index < -0.39 is 33.7 Å². The molecule has 0 aliphatic rings. The number of hydrogen-bond donors (Lipinski definition) is 1. The van der Waals surface area contributed by atoms with E-state index >= 15 is 0 Å². The second kappa shape index (κ2) is 17.7. The van der Waals surface area contributed by atoms with Gasteiger partial charge in [-0.2, -0.15) is 8.42 Å². The fraction of sp³-hybridized carbons (Fsp3) is 0.895. The molecule has 0 aromatic heterocycles. The summed E-state index contributed by atoms with van der Waals surface area (Å²) < 4.78 is 41.8. The van der Waals surface area contributed by atoms with Crippen molar-refractivity contribution in [1.82, 2.24) is 0 Å². The number of ether oxygens (including phenoxy) is 2. The molecule has 0 aliphatic carbocycles. The van der Waals surface area contributed by atoms with Gasteiger partial charge < -0.3 is 9.47 Å². The predicted octanol–water partition coefficient (Wildman–Crippen LogP) is 3.26. The predicted molar refractivity (Wildman–Crippen MR) is 111 cm³/mol. The van der Waals surface area contributed by atoms with Crippen LogP contribution in [-0.4, -0.2) is 72.9 Å². The van der Waals surface area contributed by atoms with Gasteiger partial charge in [0.15, 0.2) is 5.25 Å². The van der Waals surface area contributed by atoms with Crippen LogP contribution in [0.2, 0.25) is 0 Å². The molecule has 0 spiro atoms. The molecule has 0 aromatic rings. The van der Waals surface area contributed by atoms with Crippen molar-refractivity contribution in [2.24, 2.45) is 5.92 Å². The Bertz CT molecular complexity index is 520. The van der Waals surface area contributed by atoms with E-state index in [1.807, 2.05) is 13.8 Å². The summed E-state index contributed by atoms with van der Waals surface area (Å²) in [6, 6.07) is 0. The first-order valence-electron chi connectivity index (χ1n) is 9.97. The topological polar surface area (TPSA) is 107 Å². The van der Waals surface area contributed by atoms with Crippen LogP contribution in [0, 0.1) is 5.92 Å². The number of carbonyl (C=O) groups is 2. The number of unbranched alkanes of at least 4 members (excludes halogenated alkanes) is 7. The summed E-state index contributed by atoms with van der Waals surface area (Å²) in [5.74, 6) is -1.68. The Hall–Kier alpha value is -0.150. The fourth-order valence-corrected chi connectivity index (χ4v) is 3.09. The average molecular weight is 433 g/mol. The Morgan fingerprint density at radius 3 is 1.93 bits per heavy atom. The van der Waals surface area contributed by atoms with E-state index in [-0.39, 0.29) is 48.7 Å². The molecule has 0 saturated heterocycles. The van der Waals surface area contributed by atoms with E-state index in [9.17, 15) is 22.6 Å². The van der Waals surface area contributed by atoms with Gasteiger partial charge in [-0.25, -0.2) is 0 Å². The third-order valence-corrected chi connectivity index (χ3v) is 5.25. The van der Waals surface area contributed by atoms with Crippen molar-refractivity contribution in [2.45, 2.75) is 90.2 Å². The van der Waals surface area contributed by atoms with Gasteiger partial charge >= 0.3 is 41.5 Å². The molecule has 0 saturated carbocycles. The van der Waals surface area contributed by atoms with Crippen LogP contribution in [0.15, 0.2) is 0 Å². The van der Waals surface area contributed by atoms with Crippen molar-refractivity contribution < 1.29 is 32.0 Å².